The number of aliphatic hydroxyl groups excluding tert-OH is 1. The third-order valence-corrected chi connectivity index (χ3v) is 3.60. The van der Waals surface area contributed by atoms with E-state index in [-0.39, 0.29) is 24.2 Å². The van der Waals surface area contributed by atoms with Crippen LogP contribution in [0.2, 0.25) is 0 Å². The van der Waals surface area contributed by atoms with Crippen LogP contribution in [0.3, 0.4) is 0 Å². The maximum absolute atomic E-state index is 11.4. The Bertz CT molecular complexity index is 232. The molecule has 1 aliphatic heterocycles. The lowest BCUT2D eigenvalue weighted by molar-refractivity contribution is -0.158. The summed E-state index contributed by atoms with van der Waals surface area (Å²) in [6, 6.07) is -0.105. The molecule has 0 saturated carbocycles. The second-order valence-corrected chi connectivity index (χ2v) is 4.35. The number of nitrogens with zero attached hydrogens (tertiary/aromatic N) is 1. The third kappa shape index (κ3) is 2.32. The molecule has 1 heterocycles. The largest absolute Gasteiger partial charge is 0.468 e. The van der Waals surface area contributed by atoms with Gasteiger partial charge in [-0.1, -0.05) is 6.92 Å². The predicted molar refractivity (Wildman–Crippen MR) is 57.5 cm³/mol. The highest BCUT2D eigenvalue weighted by Crippen LogP contribution is 2.33. The molecule has 0 aromatic carbocycles. The summed E-state index contributed by atoms with van der Waals surface area (Å²) in [5, 5.41) is 9.04. The van der Waals surface area contributed by atoms with E-state index in [0.717, 1.165) is 19.4 Å². The number of hydrogen-bond donors (Lipinski definition) is 1. The van der Waals surface area contributed by atoms with E-state index < -0.39 is 0 Å². The topological polar surface area (TPSA) is 49.8 Å². The Hall–Kier alpha value is -0.610. The lowest BCUT2D eigenvalue weighted by Gasteiger charge is -2.50. The maximum Gasteiger partial charge on any atom is 0.323 e. The minimum atomic E-state index is -0.154. The first-order chi connectivity index (χ1) is 7.09. The van der Waals surface area contributed by atoms with Gasteiger partial charge in [-0.15, -0.1) is 0 Å². The van der Waals surface area contributed by atoms with E-state index in [9.17, 15) is 4.79 Å². The van der Waals surface area contributed by atoms with E-state index >= 15 is 0 Å². The quantitative estimate of drug-likeness (QED) is 0.689. The molecule has 1 rings (SSSR count). The fourth-order valence-electron chi connectivity index (χ4n) is 2.18. The van der Waals surface area contributed by atoms with Crippen molar-refractivity contribution in [3.8, 4) is 0 Å². The second kappa shape index (κ2) is 4.94. The van der Waals surface area contributed by atoms with E-state index in [4.69, 9.17) is 9.84 Å². The third-order valence-electron chi connectivity index (χ3n) is 3.60. The van der Waals surface area contributed by atoms with Crippen molar-refractivity contribution in [2.75, 3.05) is 20.3 Å². The van der Waals surface area contributed by atoms with Crippen molar-refractivity contribution in [3.05, 3.63) is 0 Å². The Morgan fingerprint density at radius 2 is 2.33 bits per heavy atom. The van der Waals surface area contributed by atoms with Gasteiger partial charge in [-0.3, -0.25) is 9.69 Å². The Balaban J connectivity index is 2.65. The highest BCUT2D eigenvalue weighted by atomic mass is 16.5. The number of carbonyl (C=O) groups excluding carboxylic acids is 1. The fourth-order valence-corrected chi connectivity index (χ4v) is 2.18. The molecule has 2 atom stereocenters. The van der Waals surface area contributed by atoms with Crippen LogP contribution in [0.4, 0.5) is 0 Å². The smallest absolute Gasteiger partial charge is 0.323 e. The Labute approximate surface area is 91.2 Å². The molecule has 0 bridgehead atoms. The predicted octanol–water partition coefficient (Wildman–Crippen LogP) is 0.785. The van der Waals surface area contributed by atoms with Crippen molar-refractivity contribution < 1.29 is 14.6 Å². The summed E-state index contributed by atoms with van der Waals surface area (Å²) in [5.74, 6) is -0.154. The number of likely N-dealkylation sites (tertiary alicyclic amines) is 1. The van der Waals surface area contributed by atoms with Crippen LogP contribution in [0.1, 0.15) is 33.1 Å². The first-order valence-corrected chi connectivity index (χ1v) is 5.54. The van der Waals surface area contributed by atoms with Gasteiger partial charge < -0.3 is 9.84 Å². The molecule has 0 aromatic rings. The zero-order valence-corrected chi connectivity index (χ0v) is 9.82. The molecule has 4 heteroatoms. The van der Waals surface area contributed by atoms with Crippen molar-refractivity contribution in [1.82, 2.24) is 4.90 Å². The van der Waals surface area contributed by atoms with Crippen LogP contribution in [-0.4, -0.2) is 47.8 Å². The van der Waals surface area contributed by atoms with Crippen molar-refractivity contribution in [2.45, 2.75) is 44.7 Å². The molecule has 1 N–H and O–H groups in total. The van der Waals surface area contributed by atoms with Crippen LogP contribution in [0.15, 0.2) is 0 Å². The highest BCUT2D eigenvalue weighted by Gasteiger charge is 2.44. The van der Waals surface area contributed by atoms with Crippen molar-refractivity contribution in [1.29, 1.82) is 0 Å². The van der Waals surface area contributed by atoms with Crippen LogP contribution < -0.4 is 0 Å². The number of rotatable bonds is 5. The summed E-state index contributed by atoms with van der Waals surface area (Å²) in [6.07, 6.45) is 2.51. The van der Waals surface area contributed by atoms with Crippen LogP contribution in [0.25, 0.3) is 0 Å². The van der Waals surface area contributed by atoms with Crippen LogP contribution >= 0.6 is 0 Å². The zero-order chi connectivity index (χ0) is 11.5. The Morgan fingerprint density at radius 3 is 2.67 bits per heavy atom. The molecule has 0 amide bonds. The van der Waals surface area contributed by atoms with E-state index in [2.05, 4.69) is 18.7 Å². The first kappa shape index (κ1) is 12.5. The number of carbonyl (C=O) groups is 1. The average Bonchev–Trinajstić information content (AvgIpc) is 2.16. The number of aliphatic hydroxyl groups is 1. The van der Waals surface area contributed by atoms with Crippen molar-refractivity contribution >= 4 is 5.97 Å². The summed E-state index contributed by atoms with van der Waals surface area (Å²) in [6.45, 7) is 5.26. The summed E-state index contributed by atoms with van der Waals surface area (Å²) >= 11 is 0. The number of methoxy groups -OCH3 is 1. The molecule has 0 spiro atoms. The number of ether oxygens (including phenoxy) is 1. The summed E-state index contributed by atoms with van der Waals surface area (Å²) in [4.78, 5) is 13.6. The van der Waals surface area contributed by atoms with Crippen LogP contribution in [0, 0.1) is 0 Å². The van der Waals surface area contributed by atoms with E-state index in [1.54, 1.807) is 0 Å². The van der Waals surface area contributed by atoms with Crippen molar-refractivity contribution in [3.63, 3.8) is 0 Å². The first-order valence-electron chi connectivity index (χ1n) is 5.54. The zero-order valence-electron chi connectivity index (χ0n) is 9.82. The molecule has 0 radical (unpaired) electrons. The Kier molecular flexibility index (Phi) is 4.11. The highest BCUT2D eigenvalue weighted by molar-refractivity contribution is 5.76. The van der Waals surface area contributed by atoms with Gasteiger partial charge in [0.25, 0.3) is 0 Å². The van der Waals surface area contributed by atoms with Gasteiger partial charge in [0.1, 0.15) is 6.04 Å². The van der Waals surface area contributed by atoms with Gasteiger partial charge >= 0.3 is 5.97 Å². The molecule has 15 heavy (non-hydrogen) atoms. The second-order valence-electron chi connectivity index (χ2n) is 4.35. The van der Waals surface area contributed by atoms with E-state index in [0.29, 0.717) is 6.42 Å². The molecule has 88 valence electrons. The SMILES string of the molecule is CCC(C)(CCO)N1CCC1C(=O)OC. The normalized spacial score (nSPS) is 25.5. The van der Waals surface area contributed by atoms with Gasteiger partial charge in [0, 0.05) is 18.7 Å². The lowest BCUT2D eigenvalue weighted by atomic mass is 9.86. The Morgan fingerprint density at radius 1 is 1.67 bits per heavy atom. The molecule has 1 aliphatic rings. The maximum atomic E-state index is 11.4. The monoisotopic (exact) mass is 215 g/mol. The lowest BCUT2D eigenvalue weighted by Crippen LogP contribution is -2.62. The standard InChI is InChI=1S/C11H21NO3/c1-4-11(2,6-8-13)12-7-5-9(12)10(14)15-3/h9,13H,4-8H2,1-3H3. The van der Waals surface area contributed by atoms with Crippen molar-refractivity contribution in [2.24, 2.45) is 0 Å². The molecule has 0 aliphatic carbocycles. The van der Waals surface area contributed by atoms with Crippen LogP contribution in [-0.2, 0) is 9.53 Å². The summed E-state index contributed by atoms with van der Waals surface area (Å²) in [5.41, 5.74) is -0.0775. The molecular formula is C11H21NO3. The molecule has 0 aromatic heterocycles. The minimum Gasteiger partial charge on any atom is -0.468 e. The number of hydrogen-bond acceptors (Lipinski definition) is 4. The van der Waals surface area contributed by atoms with Gasteiger partial charge in [0.2, 0.25) is 0 Å². The van der Waals surface area contributed by atoms with Gasteiger partial charge in [0.05, 0.1) is 7.11 Å². The molecule has 2 unspecified atom stereocenters. The molecule has 4 nitrogen and oxygen atoms in total. The van der Waals surface area contributed by atoms with Crippen LogP contribution in [0.5, 0.6) is 0 Å². The van der Waals surface area contributed by atoms with E-state index in [1.807, 2.05) is 0 Å². The minimum absolute atomic E-state index is 0.0775. The summed E-state index contributed by atoms with van der Waals surface area (Å²) in [7, 11) is 1.42. The molecular weight excluding hydrogens is 194 g/mol. The van der Waals surface area contributed by atoms with Gasteiger partial charge in [-0.05, 0) is 26.2 Å². The summed E-state index contributed by atoms with van der Waals surface area (Å²) < 4.78 is 4.76. The molecule has 1 fully saturated rings. The van der Waals surface area contributed by atoms with Gasteiger partial charge in [-0.2, -0.15) is 0 Å². The van der Waals surface area contributed by atoms with Gasteiger partial charge in [-0.25, -0.2) is 0 Å². The van der Waals surface area contributed by atoms with Gasteiger partial charge in [0.15, 0.2) is 0 Å². The molecule has 1 saturated heterocycles. The van der Waals surface area contributed by atoms with E-state index in [1.165, 1.54) is 7.11 Å². The number of esters is 1. The fraction of sp³-hybridized carbons (Fsp3) is 0.909. The average molecular weight is 215 g/mol.